The lowest BCUT2D eigenvalue weighted by Gasteiger charge is -2.13. The van der Waals surface area contributed by atoms with E-state index in [9.17, 15) is 4.79 Å². The van der Waals surface area contributed by atoms with Gasteiger partial charge < -0.3 is 0 Å². The Morgan fingerprint density at radius 2 is 1.91 bits per heavy atom. The number of aromatic amines is 1. The van der Waals surface area contributed by atoms with Crippen LogP contribution < -0.4 is 5.69 Å². The fraction of sp³-hybridized carbons (Fsp3) is 0.353. The van der Waals surface area contributed by atoms with Crippen LogP contribution in [-0.4, -0.2) is 19.5 Å². The summed E-state index contributed by atoms with van der Waals surface area (Å²) in [5.74, 6) is 0.498. The second-order valence-corrected chi connectivity index (χ2v) is 6.02. The lowest BCUT2D eigenvalue weighted by atomic mass is 10.1. The minimum atomic E-state index is -0.173. The number of benzene rings is 1. The van der Waals surface area contributed by atoms with Gasteiger partial charge in [0.15, 0.2) is 11.3 Å². The van der Waals surface area contributed by atoms with E-state index in [0.717, 1.165) is 17.7 Å². The molecule has 0 spiro atoms. The molecular weight excluding hydrogens is 276 g/mol. The van der Waals surface area contributed by atoms with Gasteiger partial charge in [0.25, 0.3) is 0 Å². The van der Waals surface area contributed by atoms with Gasteiger partial charge in [-0.3, -0.25) is 9.55 Å². The summed E-state index contributed by atoms with van der Waals surface area (Å²) in [4.78, 5) is 24.1. The molecule has 0 fully saturated rings. The summed E-state index contributed by atoms with van der Waals surface area (Å²) < 4.78 is 1.68. The summed E-state index contributed by atoms with van der Waals surface area (Å²) in [6.07, 6.45) is 2.60. The molecule has 5 nitrogen and oxygen atoms in total. The number of nitrogens with one attached hydrogen (secondary N) is 1. The third-order valence-corrected chi connectivity index (χ3v) is 3.76. The third-order valence-electron chi connectivity index (χ3n) is 3.76. The number of hydrogen-bond acceptors (Lipinski definition) is 3. The summed E-state index contributed by atoms with van der Waals surface area (Å²) >= 11 is 0. The summed E-state index contributed by atoms with van der Waals surface area (Å²) in [5.41, 5.74) is 2.98. The minimum absolute atomic E-state index is 0.0916. The van der Waals surface area contributed by atoms with Gasteiger partial charge >= 0.3 is 5.69 Å². The van der Waals surface area contributed by atoms with Crippen molar-refractivity contribution in [1.29, 1.82) is 0 Å². The van der Waals surface area contributed by atoms with Crippen molar-refractivity contribution in [1.82, 2.24) is 19.5 Å². The smallest absolute Gasteiger partial charge is 0.289 e. The number of rotatable bonds is 4. The zero-order valence-corrected chi connectivity index (χ0v) is 13.1. The first-order valence-electron chi connectivity index (χ1n) is 7.57. The van der Waals surface area contributed by atoms with Crippen molar-refractivity contribution < 1.29 is 0 Å². The lowest BCUT2D eigenvalue weighted by molar-refractivity contribution is 0.618. The van der Waals surface area contributed by atoms with E-state index in [1.807, 2.05) is 37.3 Å². The molecule has 114 valence electrons. The predicted molar refractivity (Wildman–Crippen MR) is 86.9 cm³/mol. The van der Waals surface area contributed by atoms with Crippen LogP contribution >= 0.6 is 0 Å². The van der Waals surface area contributed by atoms with E-state index in [2.05, 4.69) is 28.8 Å². The van der Waals surface area contributed by atoms with Crippen molar-refractivity contribution in [2.24, 2.45) is 5.92 Å². The van der Waals surface area contributed by atoms with E-state index in [1.54, 1.807) is 10.8 Å². The molecule has 0 saturated heterocycles. The molecule has 0 radical (unpaired) electrons. The average molecular weight is 296 g/mol. The first-order valence-corrected chi connectivity index (χ1v) is 7.57. The monoisotopic (exact) mass is 296 g/mol. The summed E-state index contributed by atoms with van der Waals surface area (Å²) in [6, 6.07) is 9.85. The molecule has 3 aromatic rings. The molecule has 0 bridgehead atoms. The first-order chi connectivity index (χ1) is 10.6. The molecule has 1 aromatic carbocycles. The quantitative estimate of drug-likeness (QED) is 0.805. The van der Waals surface area contributed by atoms with Crippen LogP contribution in [0.15, 0.2) is 41.3 Å². The van der Waals surface area contributed by atoms with Crippen LogP contribution in [0.2, 0.25) is 0 Å². The zero-order chi connectivity index (χ0) is 15.7. The maximum Gasteiger partial charge on any atom is 0.329 e. The van der Waals surface area contributed by atoms with E-state index in [0.29, 0.717) is 17.2 Å². The van der Waals surface area contributed by atoms with Crippen molar-refractivity contribution in [3.05, 3.63) is 58.3 Å². The summed E-state index contributed by atoms with van der Waals surface area (Å²) in [5, 5.41) is 0. The number of imidazole rings is 1. The molecule has 5 heteroatoms. The van der Waals surface area contributed by atoms with Crippen LogP contribution in [0.3, 0.4) is 0 Å². The van der Waals surface area contributed by atoms with Crippen LogP contribution in [0.5, 0.6) is 0 Å². The fourth-order valence-corrected chi connectivity index (χ4v) is 2.69. The topological polar surface area (TPSA) is 63.6 Å². The summed E-state index contributed by atoms with van der Waals surface area (Å²) in [7, 11) is 0. The first kappa shape index (κ1) is 14.5. The van der Waals surface area contributed by atoms with Gasteiger partial charge in [-0.05, 0) is 24.8 Å². The number of aromatic nitrogens is 4. The Balaban J connectivity index is 2.12. The Labute approximate surface area is 129 Å². The van der Waals surface area contributed by atoms with Gasteiger partial charge in [0, 0.05) is 0 Å². The fourth-order valence-electron chi connectivity index (χ4n) is 2.69. The Bertz CT molecular complexity index is 833. The maximum absolute atomic E-state index is 12.3. The standard InChI is InChI=1S/C17H20N4O/c1-11(2)9-14-10-18-15-16(19-14)21(17(22)20-15)12(3)13-7-5-4-6-8-13/h4-8,10-12H,9H2,1-3H3,(H,18,20,22). The second-order valence-electron chi connectivity index (χ2n) is 6.02. The molecule has 1 atom stereocenters. The number of fused-ring (bicyclic) bond motifs is 1. The summed E-state index contributed by atoms with van der Waals surface area (Å²) in [6.45, 7) is 6.28. The average Bonchev–Trinajstić information content (AvgIpc) is 2.82. The van der Waals surface area contributed by atoms with Gasteiger partial charge in [0.05, 0.1) is 17.9 Å². The van der Waals surface area contributed by atoms with Crippen LogP contribution in [0.25, 0.3) is 11.3 Å². The van der Waals surface area contributed by atoms with Crippen LogP contribution in [0.4, 0.5) is 0 Å². The zero-order valence-electron chi connectivity index (χ0n) is 13.1. The van der Waals surface area contributed by atoms with E-state index in [4.69, 9.17) is 0 Å². The highest BCUT2D eigenvalue weighted by molar-refractivity contribution is 5.65. The van der Waals surface area contributed by atoms with E-state index >= 15 is 0 Å². The third kappa shape index (κ3) is 2.66. The SMILES string of the molecule is CC(C)Cc1cnc2[nH]c(=O)n(C(C)c3ccccc3)c2n1. The molecule has 1 unspecified atom stereocenters. The molecule has 0 amide bonds. The number of H-pyrrole nitrogens is 1. The Hall–Kier alpha value is -2.43. The Morgan fingerprint density at radius 3 is 2.59 bits per heavy atom. The molecular formula is C17H20N4O. The van der Waals surface area contributed by atoms with Gasteiger partial charge in [0.1, 0.15) is 0 Å². The largest absolute Gasteiger partial charge is 0.329 e. The predicted octanol–water partition coefficient (Wildman–Crippen LogP) is 2.93. The second kappa shape index (κ2) is 5.75. The Kier molecular flexibility index (Phi) is 3.79. The lowest BCUT2D eigenvalue weighted by Crippen LogP contribution is -2.21. The molecule has 0 aliphatic rings. The highest BCUT2D eigenvalue weighted by Crippen LogP contribution is 2.19. The molecule has 3 rings (SSSR count). The van der Waals surface area contributed by atoms with E-state index < -0.39 is 0 Å². The highest BCUT2D eigenvalue weighted by atomic mass is 16.1. The van der Waals surface area contributed by atoms with Gasteiger partial charge in [-0.15, -0.1) is 0 Å². The van der Waals surface area contributed by atoms with Crippen molar-refractivity contribution >= 4 is 11.3 Å². The normalized spacial score (nSPS) is 12.9. The Morgan fingerprint density at radius 1 is 1.18 bits per heavy atom. The van der Waals surface area contributed by atoms with Crippen LogP contribution in [-0.2, 0) is 6.42 Å². The number of hydrogen-bond donors (Lipinski definition) is 1. The molecule has 2 aromatic heterocycles. The van der Waals surface area contributed by atoms with Crippen molar-refractivity contribution in [3.8, 4) is 0 Å². The van der Waals surface area contributed by atoms with Crippen molar-refractivity contribution in [3.63, 3.8) is 0 Å². The minimum Gasteiger partial charge on any atom is -0.289 e. The van der Waals surface area contributed by atoms with E-state index in [-0.39, 0.29) is 11.7 Å². The molecule has 22 heavy (non-hydrogen) atoms. The van der Waals surface area contributed by atoms with Crippen molar-refractivity contribution in [2.45, 2.75) is 33.2 Å². The van der Waals surface area contributed by atoms with Crippen LogP contribution in [0, 0.1) is 5.92 Å². The highest BCUT2D eigenvalue weighted by Gasteiger charge is 2.17. The molecule has 0 aliphatic carbocycles. The molecule has 0 aliphatic heterocycles. The van der Waals surface area contributed by atoms with Gasteiger partial charge in [-0.25, -0.2) is 14.8 Å². The van der Waals surface area contributed by atoms with Crippen LogP contribution in [0.1, 0.15) is 38.1 Å². The molecule has 0 saturated carbocycles. The van der Waals surface area contributed by atoms with Gasteiger partial charge in [-0.1, -0.05) is 44.2 Å². The van der Waals surface area contributed by atoms with E-state index in [1.165, 1.54) is 0 Å². The molecule has 2 heterocycles. The maximum atomic E-state index is 12.3. The van der Waals surface area contributed by atoms with Gasteiger partial charge in [-0.2, -0.15) is 0 Å². The molecule has 1 N–H and O–H groups in total. The van der Waals surface area contributed by atoms with Crippen molar-refractivity contribution in [2.75, 3.05) is 0 Å². The number of nitrogens with zero attached hydrogens (tertiary/aromatic N) is 3. The van der Waals surface area contributed by atoms with Gasteiger partial charge in [0.2, 0.25) is 0 Å².